The summed E-state index contributed by atoms with van der Waals surface area (Å²) in [6.45, 7) is 2.88. The second-order valence-electron chi connectivity index (χ2n) is 11.6. The fourth-order valence-electron chi connectivity index (χ4n) is 5.55. The van der Waals surface area contributed by atoms with E-state index in [9.17, 15) is 22.7 Å². The number of nitrogens with zero attached hydrogens (tertiary/aromatic N) is 4. The Bertz CT molecular complexity index is 1750. The molecule has 0 atom stereocenters. The standard InChI is InChI=1S/C31H36FN7O4S/c1-2-3-18-33-30-34-19-26-27(37-39(28(26)36-30)23-10-12-24(40)13-11-23)20-4-14-25(15-5-20)44(42,43)38-31(16-17-31)29(41)35-22-8-6-21(32)7-9-22/h4-9,14-15,19,23-24,38,40H,2-3,10-13,16-18H2,1H3,(H,35,41)(H,33,34,36). The first-order valence-corrected chi connectivity index (χ1v) is 16.5. The summed E-state index contributed by atoms with van der Waals surface area (Å²) in [5.41, 5.74) is 1.16. The van der Waals surface area contributed by atoms with E-state index in [2.05, 4.69) is 27.3 Å². The Labute approximate surface area is 255 Å². The highest BCUT2D eigenvalue weighted by atomic mass is 32.2. The first kappa shape index (κ1) is 30.1. The third kappa shape index (κ3) is 6.30. The van der Waals surface area contributed by atoms with Crippen molar-refractivity contribution in [1.29, 1.82) is 0 Å². The number of halogens is 1. The maximum Gasteiger partial charge on any atom is 0.245 e. The summed E-state index contributed by atoms with van der Waals surface area (Å²) in [6.07, 6.45) is 7.13. The van der Waals surface area contributed by atoms with Crippen LogP contribution in [0, 0.1) is 5.82 Å². The van der Waals surface area contributed by atoms with Gasteiger partial charge in [0.2, 0.25) is 21.9 Å². The van der Waals surface area contributed by atoms with Crippen molar-refractivity contribution in [1.82, 2.24) is 24.5 Å². The highest BCUT2D eigenvalue weighted by molar-refractivity contribution is 7.89. The summed E-state index contributed by atoms with van der Waals surface area (Å²) >= 11 is 0. The molecule has 44 heavy (non-hydrogen) atoms. The van der Waals surface area contributed by atoms with E-state index < -0.39 is 27.3 Å². The summed E-state index contributed by atoms with van der Waals surface area (Å²) in [7, 11) is -4.03. The molecule has 2 fully saturated rings. The van der Waals surface area contributed by atoms with Gasteiger partial charge in [-0.3, -0.25) is 4.79 Å². The second kappa shape index (κ2) is 12.2. The molecule has 2 aromatic heterocycles. The number of amides is 1. The van der Waals surface area contributed by atoms with Crippen LogP contribution < -0.4 is 15.4 Å². The van der Waals surface area contributed by atoms with Crippen LogP contribution in [0.3, 0.4) is 0 Å². The van der Waals surface area contributed by atoms with E-state index in [1.54, 1.807) is 18.3 Å². The molecule has 0 aliphatic heterocycles. The molecule has 2 aliphatic rings. The van der Waals surface area contributed by atoms with E-state index in [0.717, 1.165) is 37.6 Å². The number of rotatable bonds is 11. The molecule has 2 aliphatic carbocycles. The van der Waals surface area contributed by atoms with Crippen LogP contribution in [0.4, 0.5) is 16.0 Å². The van der Waals surface area contributed by atoms with Gasteiger partial charge in [0.1, 0.15) is 17.1 Å². The zero-order chi connectivity index (χ0) is 30.9. The molecule has 4 aromatic rings. The van der Waals surface area contributed by atoms with Crippen LogP contribution in [0.5, 0.6) is 0 Å². The monoisotopic (exact) mass is 621 g/mol. The molecule has 2 heterocycles. The first-order chi connectivity index (χ1) is 21.2. The van der Waals surface area contributed by atoms with Gasteiger partial charge in [0.05, 0.1) is 22.4 Å². The largest absolute Gasteiger partial charge is 0.393 e. The number of hydrogen-bond acceptors (Lipinski definition) is 8. The number of benzene rings is 2. The minimum absolute atomic E-state index is 0.0192. The highest BCUT2D eigenvalue weighted by Gasteiger charge is 2.52. The molecule has 232 valence electrons. The van der Waals surface area contributed by atoms with Crippen LogP contribution >= 0.6 is 0 Å². The molecular formula is C31H36FN7O4S. The van der Waals surface area contributed by atoms with Crippen LogP contribution in [0.15, 0.2) is 59.6 Å². The van der Waals surface area contributed by atoms with E-state index in [4.69, 9.17) is 10.1 Å². The molecule has 1 amide bonds. The minimum atomic E-state index is -4.03. The molecular weight excluding hydrogens is 585 g/mol. The van der Waals surface area contributed by atoms with Crippen LogP contribution in [0.25, 0.3) is 22.3 Å². The number of aliphatic hydroxyl groups is 1. The zero-order valence-corrected chi connectivity index (χ0v) is 25.3. The van der Waals surface area contributed by atoms with Crippen LogP contribution in [0.1, 0.15) is 64.3 Å². The Morgan fingerprint density at radius 2 is 1.77 bits per heavy atom. The second-order valence-corrected chi connectivity index (χ2v) is 13.3. The molecule has 0 spiro atoms. The predicted molar refractivity (Wildman–Crippen MR) is 165 cm³/mol. The summed E-state index contributed by atoms with van der Waals surface area (Å²) in [5, 5.41) is 21.7. The van der Waals surface area contributed by atoms with E-state index in [1.165, 1.54) is 36.4 Å². The van der Waals surface area contributed by atoms with Crippen molar-refractivity contribution in [2.75, 3.05) is 17.2 Å². The molecule has 0 radical (unpaired) electrons. The van der Waals surface area contributed by atoms with Gasteiger partial charge in [0.25, 0.3) is 0 Å². The third-order valence-electron chi connectivity index (χ3n) is 8.33. The Morgan fingerprint density at radius 3 is 2.43 bits per heavy atom. The first-order valence-electron chi connectivity index (χ1n) is 15.1. The van der Waals surface area contributed by atoms with Gasteiger partial charge in [-0.05, 0) is 81.3 Å². The van der Waals surface area contributed by atoms with Crippen LogP contribution in [-0.4, -0.2) is 57.4 Å². The van der Waals surface area contributed by atoms with Gasteiger partial charge in [-0.1, -0.05) is 25.5 Å². The lowest BCUT2D eigenvalue weighted by Crippen LogP contribution is -2.46. The van der Waals surface area contributed by atoms with E-state index >= 15 is 0 Å². The topological polar surface area (TPSA) is 151 Å². The van der Waals surface area contributed by atoms with Crippen molar-refractivity contribution < 1.29 is 22.7 Å². The van der Waals surface area contributed by atoms with Gasteiger partial charge in [0, 0.05) is 24.0 Å². The zero-order valence-electron chi connectivity index (χ0n) is 24.5. The quantitative estimate of drug-likeness (QED) is 0.175. The number of sulfonamides is 1. The highest BCUT2D eigenvalue weighted by Crippen LogP contribution is 2.39. The lowest BCUT2D eigenvalue weighted by Gasteiger charge is -2.25. The molecule has 4 N–H and O–H groups in total. The maximum absolute atomic E-state index is 13.3. The Balaban J connectivity index is 1.24. The van der Waals surface area contributed by atoms with E-state index in [-0.39, 0.29) is 17.0 Å². The van der Waals surface area contributed by atoms with Gasteiger partial charge in [-0.2, -0.15) is 14.8 Å². The minimum Gasteiger partial charge on any atom is -0.393 e. The third-order valence-corrected chi connectivity index (χ3v) is 9.88. The fourth-order valence-corrected chi connectivity index (χ4v) is 6.97. The average Bonchev–Trinajstić information content (AvgIpc) is 3.70. The Hall–Kier alpha value is -3.94. The lowest BCUT2D eigenvalue weighted by atomic mass is 9.93. The van der Waals surface area contributed by atoms with Crippen LogP contribution in [-0.2, 0) is 14.8 Å². The number of anilines is 2. The summed E-state index contributed by atoms with van der Waals surface area (Å²) < 4.78 is 44.4. The summed E-state index contributed by atoms with van der Waals surface area (Å²) in [5.74, 6) is -0.391. The average molecular weight is 622 g/mol. The van der Waals surface area contributed by atoms with Crippen molar-refractivity contribution >= 4 is 38.6 Å². The van der Waals surface area contributed by atoms with E-state index in [0.29, 0.717) is 54.2 Å². The summed E-state index contributed by atoms with van der Waals surface area (Å²) in [6, 6.07) is 11.7. The van der Waals surface area contributed by atoms with E-state index in [1.807, 2.05) is 4.68 Å². The number of fused-ring (bicyclic) bond motifs is 1. The van der Waals surface area contributed by atoms with Crippen molar-refractivity contribution in [3.8, 4) is 11.3 Å². The predicted octanol–water partition coefficient (Wildman–Crippen LogP) is 4.77. The lowest BCUT2D eigenvalue weighted by molar-refractivity contribution is -0.118. The number of unbranched alkanes of at least 4 members (excludes halogenated alkanes) is 1. The number of nitrogens with one attached hydrogen (secondary N) is 3. The molecule has 13 heteroatoms. The summed E-state index contributed by atoms with van der Waals surface area (Å²) in [4.78, 5) is 22.3. The normalized spacial score (nSPS) is 19.5. The SMILES string of the molecule is CCCCNc1ncc2c(-c3ccc(S(=O)(=O)NC4(C(=O)Nc5ccc(F)cc5)CC4)cc3)nn(C3CCC(O)CC3)c2n1. The maximum atomic E-state index is 13.3. The van der Waals surface area contributed by atoms with Crippen molar-refractivity contribution in [3.63, 3.8) is 0 Å². The molecule has 0 bridgehead atoms. The number of aliphatic hydroxyl groups excluding tert-OH is 1. The molecule has 0 unspecified atom stereocenters. The number of hydrogen-bond donors (Lipinski definition) is 4. The Kier molecular flexibility index (Phi) is 8.36. The molecule has 2 aromatic carbocycles. The fraction of sp³-hybridized carbons (Fsp3) is 0.419. The number of carbonyl (C=O) groups excluding carboxylic acids is 1. The molecule has 0 saturated heterocycles. The van der Waals surface area contributed by atoms with Gasteiger partial charge in [-0.25, -0.2) is 22.5 Å². The van der Waals surface area contributed by atoms with Gasteiger partial charge >= 0.3 is 0 Å². The Morgan fingerprint density at radius 1 is 1.07 bits per heavy atom. The van der Waals surface area contributed by atoms with Gasteiger partial charge in [-0.15, -0.1) is 0 Å². The molecule has 2 saturated carbocycles. The van der Waals surface area contributed by atoms with Crippen molar-refractivity contribution in [2.45, 2.75) is 80.9 Å². The molecule has 11 nitrogen and oxygen atoms in total. The van der Waals surface area contributed by atoms with Gasteiger partial charge < -0.3 is 15.7 Å². The van der Waals surface area contributed by atoms with Crippen molar-refractivity contribution in [2.24, 2.45) is 0 Å². The van der Waals surface area contributed by atoms with Gasteiger partial charge in [0.15, 0.2) is 5.65 Å². The van der Waals surface area contributed by atoms with Crippen LogP contribution in [0.2, 0.25) is 0 Å². The molecule has 6 rings (SSSR count). The van der Waals surface area contributed by atoms with Crippen molar-refractivity contribution in [3.05, 3.63) is 60.5 Å². The number of aromatic nitrogens is 4. The number of carbonyl (C=O) groups is 1. The smallest absolute Gasteiger partial charge is 0.245 e.